The molecule has 5 rings (SSSR count). The van der Waals surface area contributed by atoms with Gasteiger partial charge in [0.2, 0.25) is 0 Å². The van der Waals surface area contributed by atoms with Crippen LogP contribution in [-0.4, -0.2) is 0 Å². The third kappa shape index (κ3) is 1.46. The summed E-state index contributed by atoms with van der Waals surface area (Å²) in [6.07, 6.45) is 1.01. The molecule has 0 radical (unpaired) electrons. The van der Waals surface area contributed by atoms with Crippen LogP contribution >= 0.6 is 0 Å². The first kappa shape index (κ1) is 11.2. The Morgan fingerprint density at radius 1 is 0.762 bits per heavy atom. The van der Waals surface area contributed by atoms with Crippen LogP contribution in [0.15, 0.2) is 59.0 Å². The lowest BCUT2D eigenvalue weighted by Crippen LogP contribution is -1.79. The molecule has 21 heavy (non-hydrogen) atoms. The van der Waals surface area contributed by atoms with Crippen molar-refractivity contribution in [2.45, 2.75) is 13.3 Å². The predicted octanol–water partition coefficient (Wildman–Crippen LogP) is 5.47. The topological polar surface area (TPSA) is 13.1 Å². The minimum atomic E-state index is 0.979. The van der Waals surface area contributed by atoms with E-state index in [0.29, 0.717) is 0 Å². The number of hydrogen-bond donors (Lipinski definition) is 0. The second-order valence-electron chi connectivity index (χ2n) is 5.94. The first-order valence-electron chi connectivity index (χ1n) is 7.34. The van der Waals surface area contributed by atoms with Crippen LogP contribution in [-0.2, 0) is 6.42 Å². The molecule has 0 atom stereocenters. The first-order valence-corrected chi connectivity index (χ1v) is 7.34. The molecule has 1 aliphatic rings. The van der Waals surface area contributed by atoms with Gasteiger partial charge in [0.1, 0.15) is 11.2 Å². The fourth-order valence-corrected chi connectivity index (χ4v) is 3.52. The molecule has 3 aromatic carbocycles. The Hall–Kier alpha value is -2.54. The number of benzene rings is 3. The number of hydrogen-bond acceptors (Lipinski definition) is 1. The molecule has 1 aliphatic carbocycles. The first-order chi connectivity index (χ1) is 10.3. The Morgan fingerprint density at radius 3 is 2.57 bits per heavy atom. The average Bonchev–Trinajstić information content (AvgIpc) is 3.02. The van der Waals surface area contributed by atoms with Gasteiger partial charge in [0, 0.05) is 10.8 Å². The molecule has 0 bridgehead atoms. The highest BCUT2D eigenvalue weighted by Gasteiger charge is 2.20. The Balaban J connectivity index is 1.90. The minimum Gasteiger partial charge on any atom is -0.456 e. The quantitative estimate of drug-likeness (QED) is 0.364. The Labute approximate surface area is 122 Å². The zero-order valence-electron chi connectivity index (χ0n) is 11.8. The van der Waals surface area contributed by atoms with Gasteiger partial charge in [-0.3, -0.25) is 0 Å². The van der Waals surface area contributed by atoms with Crippen molar-refractivity contribution in [1.82, 2.24) is 0 Å². The summed E-state index contributed by atoms with van der Waals surface area (Å²) in [7, 11) is 0. The zero-order chi connectivity index (χ0) is 14.0. The Morgan fingerprint density at radius 2 is 1.62 bits per heavy atom. The maximum absolute atomic E-state index is 6.03. The molecular formula is C20H14O. The highest BCUT2D eigenvalue weighted by molar-refractivity contribution is 6.07. The number of furan rings is 1. The largest absolute Gasteiger partial charge is 0.456 e. The lowest BCUT2D eigenvalue weighted by molar-refractivity contribution is 0.668. The molecular weight excluding hydrogens is 256 g/mol. The molecule has 0 saturated carbocycles. The second-order valence-corrected chi connectivity index (χ2v) is 5.94. The summed E-state index contributed by atoms with van der Waals surface area (Å²) in [6, 6.07) is 19.6. The zero-order valence-corrected chi connectivity index (χ0v) is 11.8. The van der Waals surface area contributed by atoms with E-state index in [9.17, 15) is 0 Å². The molecule has 0 unspecified atom stereocenters. The third-order valence-corrected chi connectivity index (χ3v) is 4.54. The Kier molecular flexibility index (Phi) is 2.00. The van der Waals surface area contributed by atoms with Crippen molar-refractivity contribution in [3.8, 4) is 11.1 Å². The van der Waals surface area contributed by atoms with Gasteiger partial charge in [-0.1, -0.05) is 35.9 Å². The van der Waals surface area contributed by atoms with E-state index in [1.807, 2.05) is 0 Å². The maximum atomic E-state index is 6.03. The molecule has 1 aromatic heterocycles. The van der Waals surface area contributed by atoms with Crippen molar-refractivity contribution in [1.29, 1.82) is 0 Å². The van der Waals surface area contributed by atoms with Crippen LogP contribution in [0.1, 0.15) is 16.7 Å². The van der Waals surface area contributed by atoms with E-state index >= 15 is 0 Å². The molecule has 0 saturated heterocycles. The normalized spacial score (nSPS) is 12.8. The van der Waals surface area contributed by atoms with Gasteiger partial charge in [-0.15, -0.1) is 0 Å². The van der Waals surface area contributed by atoms with Crippen LogP contribution < -0.4 is 0 Å². The lowest BCUT2D eigenvalue weighted by atomic mass is 10.0. The number of fused-ring (bicyclic) bond motifs is 6. The van der Waals surface area contributed by atoms with Crippen molar-refractivity contribution in [3.63, 3.8) is 0 Å². The third-order valence-electron chi connectivity index (χ3n) is 4.54. The molecule has 0 aliphatic heterocycles. The summed E-state index contributed by atoms with van der Waals surface area (Å²) in [5, 5.41) is 2.45. The van der Waals surface area contributed by atoms with Gasteiger partial charge in [-0.2, -0.15) is 0 Å². The fraction of sp³-hybridized carbons (Fsp3) is 0.100. The van der Waals surface area contributed by atoms with Crippen LogP contribution in [0, 0.1) is 6.92 Å². The van der Waals surface area contributed by atoms with Crippen LogP contribution in [0.4, 0.5) is 0 Å². The van der Waals surface area contributed by atoms with Crippen molar-refractivity contribution < 1.29 is 4.42 Å². The molecule has 1 heterocycles. The number of aryl methyl sites for hydroxylation is 1. The van der Waals surface area contributed by atoms with Crippen molar-refractivity contribution in [2.75, 3.05) is 0 Å². The summed E-state index contributed by atoms with van der Waals surface area (Å²) < 4.78 is 6.03. The van der Waals surface area contributed by atoms with Crippen LogP contribution in [0.25, 0.3) is 33.1 Å². The van der Waals surface area contributed by atoms with Crippen LogP contribution in [0.2, 0.25) is 0 Å². The van der Waals surface area contributed by atoms with E-state index in [1.165, 1.54) is 38.6 Å². The van der Waals surface area contributed by atoms with Crippen molar-refractivity contribution in [2.24, 2.45) is 0 Å². The maximum Gasteiger partial charge on any atom is 0.135 e. The van der Waals surface area contributed by atoms with E-state index in [0.717, 1.165) is 17.6 Å². The van der Waals surface area contributed by atoms with Gasteiger partial charge in [-0.05, 0) is 59.9 Å². The molecule has 0 N–H and O–H groups in total. The minimum absolute atomic E-state index is 0.979. The van der Waals surface area contributed by atoms with Crippen LogP contribution in [0.5, 0.6) is 0 Å². The standard InChI is InChI=1S/C20H14O/c1-12-6-7-19-17(8-12)18-11-16-14(10-20(18)21-19)9-13-4-2-3-5-15(13)16/h2-8,10-11H,9H2,1H3. The van der Waals surface area contributed by atoms with Gasteiger partial charge in [0.25, 0.3) is 0 Å². The van der Waals surface area contributed by atoms with Gasteiger partial charge < -0.3 is 4.42 Å². The van der Waals surface area contributed by atoms with E-state index < -0.39 is 0 Å². The molecule has 1 heteroatoms. The van der Waals surface area contributed by atoms with Crippen LogP contribution in [0.3, 0.4) is 0 Å². The molecule has 1 nitrogen and oxygen atoms in total. The van der Waals surface area contributed by atoms with E-state index in [4.69, 9.17) is 4.42 Å². The second kappa shape index (κ2) is 3.76. The van der Waals surface area contributed by atoms with E-state index in [1.54, 1.807) is 0 Å². The lowest BCUT2D eigenvalue weighted by Gasteiger charge is -2.00. The van der Waals surface area contributed by atoms with E-state index in [-0.39, 0.29) is 0 Å². The summed E-state index contributed by atoms with van der Waals surface area (Å²) >= 11 is 0. The van der Waals surface area contributed by atoms with Gasteiger partial charge in [0.15, 0.2) is 0 Å². The van der Waals surface area contributed by atoms with Crippen molar-refractivity contribution >= 4 is 21.9 Å². The molecule has 100 valence electrons. The highest BCUT2D eigenvalue weighted by Crippen LogP contribution is 2.41. The summed E-state index contributed by atoms with van der Waals surface area (Å²) in [4.78, 5) is 0. The molecule has 0 amide bonds. The molecule has 4 aromatic rings. The molecule has 0 spiro atoms. The van der Waals surface area contributed by atoms with E-state index in [2.05, 4.69) is 61.5 Å². The number of rotatable bonds is 0. The SMILES string of the molecule is Cc1ccc2oc3cc4c(cc3c2c1)-c1ccccc1C4. The van der Waals surface area contributed by atoms with Gasteiger partial charge >= 0.3 is 0 Å². The summed E-state index contributed by atoms with van der Waals surface area (Å²) in [5.41, 5.74) is 8.78. The smallest absolute Gasteiger partial charge is 0.135 e. The molecule has 0 fully saturated rings. The predicted molar refractivity (Wildman–Crippen MR) is 86.7 cm³/mol. The monoisotopic (exact) mass is 270 g/mol. The summed E-state index contributed by atoms with van der Waals surface area (Å²) in [6.45, 7) is 2.13. The van der Waals surface area contributed by atoms with Crippen molar-refractivity contribution in [3.05, 3.63) is 71.3 Å². The van der Waals surface area contributed by atoms with Gasteiger partial charge in [0.05, 0.1) is 0 Å². The summed E-state index contributed by atoms with van der Waals surface area (Å²) in [5.74, 6) is 0. The van der Waals surface area contributed by atoms with Gasteiger partial charge in [-0.25, -0.2) is 0 Å². The fourth-order valence-electron chi connectivity index (χ4n) is 3.52. The highest BCUT2D eigenvalue weighted by atomic mass is 16.3. The Bertz CT molecular complexity index is 1020. The average molecular weight is 270 g/mol.